The summed E-state index contributed by atoms with van der Waals surface area (Å²) in [6, 6.07) is 7.51. The summed E-state index contributed by atoms with van der Waals surface area (Å²) in [4.78, 5) is 8.71. The molecule has 1 aromatic carbocycles. The molecule has 4 rings (SSSR count). The molecule has 0 spiro atoms. The van der Waals surface area contributed by atoms with E-state index in [9.17, 15) is 0 Å². The van der Waals surface area contributed by atoms with E-state index in [1.807, 2.05) is 23.1 Å². The Hall–Kier alpha value is -2.95. The first-order chi connectivity index (χ1) is 13.2. The Morgan fingerprint density at radius 1 is 1.15 bits per heavy atom. The SMILES string of the molecule is N#Cc1ccc(Nc2ncc(-c3cnn(C4CCOCC4)c3)cn2)cc1Cl. The molecule has 0 bridgehead atoms. The van der Waals surface area contributed by atoms with Crippen molar-refractivity contribution < 1.29 is 4.74 Å². The smallest absolute Gasteiger partial charge is 0.227 e. The van der Waals surface area contributed by atoms with Gasteiger partial charge in [0, 0.05) is 48.6 Å². The molecule has 1 aliphatic heterocycles. The van der Waals surface area contributed by atoms with E-state index in [4.69, 9.17) is 21.6 Å². The third-order valence-corrected chi connectivity index (χ3v) is 4.81. The van der Waals surface area contributed by atoms with Crippen molar-refractivity contribution in [2.45, 2.75) is 18.9 Å². The third-order valence-electron chi connectivity index (χ3n) is 4.50. The van der Waals surface area contributed by atoms with Crippen LogP contribution >= 0.6 is 11.6 Å². The second-order valence-corrected chi connectivity index (χ2v) is 6.69. The van der Waals surface area contributed by atoms with Gasteiger partial charge in [0.2, 0.25) is 5.95 Å². The van der Waals surface area contributed by atoms with Gasteiger partial charge in [-0.3, -0.25) is 4.68 Å². The highest BCUT2D eigenvalue weighted by Gasteiger charge is 2.17. The van der Waals surface area contributed by atoms with E-state index in [0.29, 0.717) is 22.6 Å². The Kier molecular flexibility index (Phi) is 5.01. The highest BCUT2D eigenvalue weighted by Crippen LogP contribution is 2.25. The molecule has 0 radical (unpaired) electrons. The van der Waals surface area contributed by atoms with Crippen LogP contribution in [-0.4, -0.2) is 33.0 Å². The van der Waals surface area contributed by atoms with E-state index in [-0.39, 0.29) is 0 Å². The van der Waals surface area contributed by atoms with E-state index < -0.39 is 0 Å². The van der Waals surface area contributed by atoms with Crippen LogP contribution < -0.4 is 5.32 Å². The van der Waals surface area contributed by atoms with Crippen molar-refractivity contribution >= 4 is 23.2 Å². The molecule has 3 heterocycles. The molecule has 3 aromatic rings. The summed E-state index contributed by atoms with van der Waals surface area (Å²) in [5.74, 6) is 0.455. The van der Waals surface area contributed by atoms with E-state index in [0.717, 1.165) is 42.9 Å². The molecule has 2 aromatic heterocycles. The van der Waals surface area contributed by atoms with E-state index in [1.54, 1.807) is 30.6 Å². The van der Waals surface area contributed by atoms with Crippen molar-refractivity contribution in [1.82, 2.24) is 19.7 Å². The first-order valence-electron chi connectivity index (χ1n) is 8.64. The molecule has 0 atom stereocenters. The fourth-order valence-electron chi connectivity index (χ4n) is 2.99. The summed E-state index contributed by atoms with van der Waals surface area (Å²) in [5.41, 5.74) is 3.03. The number of nitrogens with zero attached hydrogens (tertiary/aromatic N) is 5. The number of hydrogen-bond acceptors (Lipinski definition) is 6. The number of anilines is 2. The lowest BCUT2D eigenvalue weighted by Gasteiger charge is -2.22. The van der Waals surface area contributed by atoms with Crippen LogP contribution in [0, 0.1) is 11.3 Å². The van der Waals surface area contributed by atoms with Gasteiger partial charge >= 0.3 is 0 Å². The summed E-state index contributed by atoms with van der Waals surface area (Å²) < 4.78 is 7.41. The molecule has 0 unspecified atom stereocenters. The van der Waals surface area contributed by atoms with Gasteiger partial charge in [-0.25, -0.2) is 9.97 Å². The standard InChI is InChI=1S/C19H17ClN6O/c20-18-7-16(2-1-13(18)8-21)25-19-22-9-14(10-23-19)15-11-24-26(12-15)17-3-5-27-6-4-17/h1-2,7,9-12,17H,3-6H2,(H,22,23,25). The fourth-order valence-corrected chi connectivity index (χ4v) is 3.21. The minimum Gasteiger partial charge on any atom is -0.381 e. The first-order valence-corrected chi connectivity index (χ1v) is 9.02. The summed E-state index contributed by atoms with van der Waals surface area (Å²) >= 11 is 6.05. The monoisotopic (exact) mass is 380 g/mol. The number of benzene rings is 1. The highest BCUT2D eigenvalue weighted by atomic mass is 35.5. The first kappa shape index (κ1) is 17.5. The lowest BCUT2D eigenvalue weighted by Crippen LogP contribution is -2.19. The average Bonchev–Trinajstić information content (AvgIpc) is 3.20. The van der Waals surface area contributed by atoms with E-state index in [1.165, 1.54) is 0 Å². The van der Waals surface area contributed by atoms with Gasteiger partial charge in [0.05, 0.1) is 22.8 Å². The van der Waals surface area contributed by atoms with Crippen LogP contribution in [0.4, 0.5) is 11.6 Å². The summed E-state index contributed by atoms with van der Waals surface area (Å²) in [6.45, 7) is 1.56. The maximum absolute atomic E-state index is 8.93. The zero-order chi connectivity index (χ0) is 18.6. The quantitative estimate of drug-likeness (QED) is 0.736. The van der Waals surface area contributed by atoms with Crippen molar-refractivity contribution in [2.24, 2.45) is 0 Å². The molecule has 1 fully saturated rings. The molecule has 136 valence electrons. The Bertz CT molecular complexity index is 973. The normalized spacial score (nSPS) is 14.7. The molecule has 27 heavy (non-hydrogen) atoms. The summed E-state index contributed by atoms with van der Waals surface area (Å²) in [7, 11) is 0. The van der Waals surface area contributed by atoms with Crippen LogP contribution in [0.1, 0.15) is 24.4 Å². The van der Waals surface area contributed by atoms with Gasteiger partial charge in [0.15, 0.2) is 0 Å². The highest BCUT2D eigenvalue weighted by molar-refractivity contribution is 6.32. The van der Waals surface area contributed by atoms with Gasteiger partial charge in [0.25, 0.3) is 0 Å². The van der Waals surface area contributed by atoms with Crippen molar-refractivity contribution in [3.63, 3.8) is 0 Å². The Morgan fingerprint density at radius 2 is 1.93 bits per heavy atom. The fraction of sp³-hybridized carbons (Fsp3) is 0.263. The number of rotatable bonds is 4. The third kappa shape index (κ3) is 3.92. The molecule has 7 nitrogen and oxygen atoms in total. The van der Waals surface area contributed by atoms with Crippen LogP contribution in [0.3, 0.4) is 0 Å². The molecule has 0 saturated carbocycles. The minimum absolute atomic E-state index is 0.385. The van der Waals surface area contributed by atoms with Gasteiger partial charge in [0.1, 0.15) is 6.07 Å². The van der Waals surface area contributed by atoms with Crippen LogP contribution in [0.25, 0.3) is 11.1 Å². The zero-order valence-electron chi connectivity index (χ0n) is 14.5. The van der Waals surface area contributed by atoms with Crippen LogP contribution in [-0.2, 0) is 4.74 Å². The Labute approximate surface area is 161 Å². The second-order valence-electron chi connectivity index (χ2n) is 6.28. The topological polar surface area (TPSA) is 88.7 Å². The number of hydrogen-bond donors (Lipinski definition) is 1. The average molecular weight is 381 g/mol. The lowest BCUT2D eigenvalue weighted by molar-refractivity contribution is 0.0662. The number of ether oxygens (including phenoxy) is 1. The van der Waals surface area contributed by atoms with Gasteiger partial charge < -0.3 is 10.1 Å². The predicted octanol–water partition coefficient (Wildman–Crippen LogP) is 3.96. The number of nitrogens with one attached hydrogen (secondary N) is 1. The number of halogens is 1. The molecule has 0 amide bonds. The van der Waals surface area contributed by atoms with Crippen molar-refractivity contribution in [2.75, 3.05) is 18.5 Å². The van der Waals surface area contributed by atoms with E-state index in [2.05, 4.69) is 20.4 Å². The van der Waals surface area contributed by atoms with Crippen LogP contribution in [0.2, 0.25) is 5.02 Å². The van der Waals surface area contributed by atoms with Gasteiger partial charge in [-0.15, -0.1) is 0 Å². The molecular weight excluding hydrogens is 364 g/mol. The Morgan fingerprint density at radius 3 is 2.63 bits per heavy atom. The van der Waals surface area contributed by atoms with Crippen molar-refractivity contribution in [3.05, 3.63) is 53.6 Å². The van der Waals surface area contributed by atoms with E-state index >= 15 is 0 Å². The van der Waals surface area contributed by atoms with Crippen molar-refractivity contribution in [3.8, 4) is 17.2 Å². The molecule has 1 aliphatic rings. The van der Waals surface area contributed by atoms with Crippen molar-refractivity contribution in [1.29, 1.82) is 5.26 Å². The van der Waals surface area contributed by atoms with Crippen LogP contribution in [0.5, 0.6) is 0 Å². The molecule has 1 saturated heterocycles. The largest absolute Gasteiger partial charge is 0.381 e. The molecule has 8 heteroatoms. The number of nitriles is 1. The maximum Gasteiger partial charge on any atom is 0.227 e. The van der Waals surface area contributed by atoms with Gasteiger partial charge in [-0.05, 0) is 31.0 Å². The lowest BCUT2D eigenvalue weighted by atomic mass is 10.1. The second kappa shape index (κ2) is 7.74. The summed E-state index contributed by atoms with van der Waals surface area (Å²) in [5, 5.41) is 16.9. The Balaban J connectivity index is 1.47. The maximum atomic E-state index is 8.93. The molecule has 0 aliphatic carbocycles. The predicted molar refractivity (Wildman–Crippen MR) is 102 cm³/mol. The number of aromatic nitrogens is 4. The van der Waals surface area contributed by atoms with Gasteiger partial charge in [-0.1, -0.05) is 11.6 Å². The minimum atomic E-state index is 0.385. The molecular formula is C19H17ClN6O. The zero-order valence-corrected chi connectivity index (χ0v) is 15.2. The van der Waals surface area contributed by atoms with Gasteiger partial charge in [-0.2, -0.15) is 10.4 Å². The van der Waals surface area contributed by atoms with Crippen LogP contribution in [0.15, 0.2) is 43.0 Å². The molecule has 1 N–H and O–H groups in total. The summed E-state index contributed by atoms with van der Waals surface area (Å²) in [6.07, 6.45) is 9.34.